The van der Waals surface area contributed by atoms with E-state index < -0.39 is 0 Å². The molecule has 6 heteroatoms. The molecule has 0 saturated heterocycles. The number of rotatable bonds is 5. The number of anilines is 1. The molecule has 5 aromatic rings. The molecule has 41 heavy (non-hydrogen) atoms. The third-order valence-corrected chi connectivity index (χ3v) is 8.39. The number of nitrogens with one attached hydrogen (secondary N) is 1. The van der Waals surface area contributed by atoms with Gasteiger partial charge in [0.2, 0.25) is 0 Å². The van der Waals surface area contributed by atoms with E-state index in [0.717, 1.165) is 75.3 Å². The van der Waals surface area contributed by atoms with Crippen molar-refractivity contribution in [3.63, 3.8) is 0 Å². The van der Waals surface area contributed by atoms with Crippen LogP contribution < -0.4 is 10.9 Å². The van der Waals surface area contributed by atoms with Gasteiger partial charge in [-0.1, -0.05) is 44.5 Å². The number of carbonyl (C=O) groups excluding carboxylic acids is 1. The number of pyridine rings is 1. The number of aromatic nitrogens is 2. The van der Waals surface area contributed by atoms with Crippen LogP contribution in [0, 0.1) is 12.3 Å². The SMILES string of the molecule is CC(C)=C(CC(C)(C)C)C(=O)OC1CCC(Nc2ccc3c4c2cccc4c(=O)n2c4ccc(C)cc4nc32)CC1. The van der Waals surface area contributed by atoms with Gasteiger partial charge in [-0.2, -0.15) is 0 Å². The number of hydrogen-bond donors (Lipinski definition) is 1. The number of benzene rings is 3. The van der Waals surface area contributed by atoms with Crippen LogP contribution in [0.1, 0.15) is 72.3 Å². The third-order valence-electron chi connectivity index (χ3n) is 8.39. The molecule has 2 aromatic heterocycles. The molecule has 0 spiro atoms. The fourth-order valence-electron chi connectivity index (χ4n) is 6.34. The quantitative estimate of drug-likeness (QED) is 0.178. The van der Waals surface area contributed by atoms with Gasteiger partial charge < -0.3 is 10.1 Å². The summed E-state index contributed by atoms with van der Waals surface area (Å²) in [5.74, 6) is -0.161. The summed E-state index contributed by atoms with van der Waals surface area (Å²) in [4.78, 5) is 31.6. The average Bonchev–Trinajstić information content (AvgIpc) is 3.30. The maximum Gasteiger partial charge on any atom is 0.334 e. The Morgan fingerprint density at radius 1 is 1.00 bits per heavy atom. The van der Waals surface area contributed by atoms with Crippen LogP contribution in [-0.4, -0.2) is 27.5 Å². The van der Waals surface area contributed by atoms with E-state index in [2.05, 4.69) is 44.3 Å². The van der Waals surface area contributed by atoms with Gasteiger partial charge in [-0.3, -0.25) is 9.20 Å². The molecule has 6 rings (SSSR count). The predicted octanol–water partition coefficient (Wildman–Crippen LogP) is 7.94. The molecule has 0 aliphatic heterocycles. The molecule has 0 atom stereocenters. The van der Waals surface area contributed by atoms with Crippen molar-refractivity contribution in [3.8, 4) is 0 Å². The Kier molecular flexibility index (Phi) is 6.75. The van der Waals surface area contributed by atoms with E-state index in [0.29, 0.717) is 17.5 Å². The summed E-state index contributed by atoms with van der Waals surface area (Å²) in [5.41, 5.74) is 6.36. The van der Waals surface area contributed by atoms with Crippen LogP contribution in [0.2, 0.25) is 0 Å². The van der Waals surface area contributed by atoms with Crippen LogP contribution in [0.5, 0.6) is 0 Å². The van der Waals surface area contributed by atoms with Crippen molar-refractivity contribution in [1.82, 2.24) is 9.38 Å². The van der Waals surface area contributed by atoms with Crippen molar-refractivity contribution in [1.29, 1.82) is 0 Å². The maximum atomic E-state index is 13.7. The zero-order chi connectivity index (χ0) is 29.1. The Labute approximate surface area is 240 Å². The van der Waals surface area contributed by atoms with Crippen LogP contribution >= 0.6 is 0 Å². The van der Waals surface area contributed by atoms with E-state index in [4.69, 9.17) is 9.72 Å². The van der Waals surface area contributed by atoms with E-state index in [-0.39, 0.29) is 29.1 Å². The van der Waals surface area contributed by atoms with Gasteiger partial charge in [0.25, 0.3) is 5.56 Å². The van der Waals surface area contributed by atoms with Crippen LogP contribution in [0.4, 0.5) is 5.69 Å². The Morgan fingerprint density at radius 2 is 1.73 bits per heavy atom. The molecule has 2 heterocycles. The first kappa shape index (κ1) is 27.3. The zero-order valence-electron chi connectivity index (χ0n) is 24.9. The lowest BCUT2D eigenvalue weighted by Crippen LogP contribution is -2.31. The topological polar surface area (TPSA) is 72.7 Å². The van der Waals surface area contributed by atoms with E-state index in [1.54, 1.807) is 4.40 Å². The van der Waals surface area contributed by atoms with Gasteiger partial charge >= 0.3 is 5.97 Å². The molecular weight excluding hydrogens is 510 g/mol. The molecule has 1 saturated carbocycles. The first-order chi connectivity index (χ1) is 19.5. The lowest BCUT2D eigenvalue weighted by Gasteiger charge is -2.31. The smallest absolute Gasteiger partial charge is 0.334 e. The number of allylic oxidation sites excluding steroid dienone is 1. The fraction of sp³-hybridized carbons (Fsp3) is 0.400. The molecule has 3 aromatic carbocycles. The number of hydrogen-bond acceptors (Lipinski definition) is 5. The number of aryl methyl sites for hydroxylation is 1. The molecule has 1 fully saturated rings. The van der Waals surface area contributed by atoms with Gasteiger partial charge in [-0.25, -0.2) is 9.78 Å². The van der Waals surface area contributed by atoms with Gasteiger partial charge in [0, 0.05) is 38.8 Å². The molecule has 0 unspecified atom stereocenters. The van der Waals surface area contributed by atoms with Gasteiger partial charge in [-0.15, -0.1) is 0 Å². The number of nitrogens with zero attached hydrogens (tertiary/aromatic N) is 2. The standard InChI is InChI=1S/C35H39N3O3/c1-20(2)27(19-35(4,5)6)34(40)41-23-13-11-22(12-14-23)36-28-16-15-25-31-24(28)8-7-9-26(31)33(39)38-30-17-10-21(3)18-29(30)37-32(25)38/h7-10,15-18,22-23,36H,11-14,19H2,1-6H3. The largest absolute Gasteiger partial charge is 0.459 e. The highest BCUT2D eigenvalue weighted by Crippen LogP contribution is 2.36. The number of ether oxygens (including phenoxy) is 1. The first-order valence-corrected chi connectivity index (χ1v) is 14.7. The molecule has 1 aliphatic carbocycles. The highest BCUT2D eigenvalue weighted by molar-refractivity contribution is 6.18. The van der Waals surface area contributed by atoms with E-state index in [1.165, 1.54) is 0 Å². The van der Waals surface area contributed by atoms with Gasteiger partial charge in [0.05, 0.1) is 11.0 Å². The zero-order valence-corrected chi connectivity index (χ0v) is 24.9. The van der Waals surface area contributed by atoms with Crippen molar-refractivity contribution in [2.45, 2.75) is 85.8 Å². The summed E-state index contributed by atoms with van der Waals surface area (Å²) in [6.45, 7) is 12.5. The molecule has 1 N–H and O–H groups in total. The van der Waals surface area contributed by atoms with Crippen molar-refractivity contribution < 1.29 is 9.53 Å². The molecule has 212 valence electrons. The van der Waals surface area contributed by atoms with Crippen molar-refractivity contribution >= 4 is 49.9 Å². The van der Waals surface area contributed by atoms with Crippen molar-refractivity contribution in [2.24, 2.45) is 5.41 Å². The number of fused-ring (bicyclic) bond motifs is 4. The minimum atomic E-state index is -0.161. The van der Waals surface area contributed by atoms with Crippen LogP contribution in [0.15, 0.2) is 64.5 Å². The number of esters is 1. The Balaban J connectivity index is 1.24. The second-order valence-corrected chi connectivity index (χ2v) is 13.2. The molecule has 0 radical (unpaired) electrons. The predicted molar refractivity (Wildman–Crippen MR) is 168 cm³/mol. The second kappa shape index (κ2) is 10.2. The number of imidazole rings is 1. The second-order valence-electron chi connectivity index (χ2n) is 13.2. The summed E-state index contributed by atoms with van der Waals surface area (Å²) < 4.78 is 7.74. The van der Waals surface area contributed by atoms with E-state index in [9.17, 15) is 9.59 Å². The summed E-state index contributed by atoms with van der Waals surface area (Å²) in [5, 5.41) is 7.43. The van der Waals surface area contributed by atoms with Crippen LogP contribution in [0.3, 0.4) is 0 Å². The summed E-state index contributed by atoms with van der Waals surface area (Å²) in [6.07, 6.45) is 4.15. The van der Waals surface area contributed by atoms with Crippen LogP contribution in [0.25, 0.3) is 38.2 Å². The molecule has 0 bridgehead atoms. The summed E-state index contributed by atoms with van der Waals surface area (Å²) in [7, 11) is 0. The molecule has 1 aliphatic rings. The minimum Gasteiger partial charge on any atom is -0.459 e. The highest BCUT2D eigenvalue weighted by atomic mass is 16.5. The highest BCUT2D eigenvalue weighted by Gasteiger charge is 2.28. The molecule has 6 nitrogen and oxygen atoms in total. The molecule has 0 amide bonds. The van der Waals surface area contributed by atoms with E-state index >= 15 is 0 Å². The number of carbonyl (C=O) groups is 1. The normalized spacial score (nSPS) is 17.9. The Hall–Kier alpha value is -3.93. The fourth-order valence-corrected chi connectivity index (χ4v) is 6.34. The Bertz CT molecular complexity index is 1880. The maximum absolute atomic E-state index is 13.7. The van der Waals surface area contributed by atoms with Gasteiger partial charge in [-0.05, 0) is 94.2 Å². The Morgan fingerprint density at radius 3 is 2.44 bits per heavy atom. The van der Waals surface area contributed by atoms with Gasteiger partial charge in [0.15, 0.2) is 0 Å². The third kappa shape index (κ3) is 5.05. The van der Waals surface area contributed by atoms with Crippen molar-refractivity contribution in [2.75, 3.05) is 5.32 Å². The summed E-state index contributed by atoms with van der Waals surface area (Å²) in [6, 6.07) is 16.5. The van der Waals surface area contributed by atoms with Crippen LogP contribution in [-0.2, 0) is 9.53 Å². The average molecular weight is 550 g/mol. The lowest BCUT2D eigenvalue weighted by molar-refractivity contribution is -0.146. The summed E-state index contributed by atoms with van der Waals surface area (Å²) >= 11 is 0. The van der Waals surface area contributed by atoms with Crippen molar-refractivity contribution in [3.05, 3.63) is 75.6 Å². The first-order valence-electron chi connectivity index (χ1n) is 14.7. The lowest BCUT2D eigenvalue weighted by atomic mass is 9.86. The monoisotopic (exact) mass is 549 g/mol. The van der Waals surface area contributed by atoms with Gasteiger partial charge in [0.1, 0.15) is 11.8 Å². The molecular formula is C35H39N3O3. The van der Waals surface area contributed by atoms with E-state index in [1.807, 2.05) is 51.1 Å². The minimum absolute atomic E-state index is 0.0299.